The average molecular weight is 448 g/mol. The molecule has 1 aliphatic heterocycles. The van der Waals surface area contributed by atoms with Crippen molar-refractivity contribution in [3.05, 3.63) is 71.5 Å². The molecule has 2 aromatic carbocycles. The van der Waals surface area contributed by atoms with E-state index in [2.05, 4.69) is 14.4 Å². The van der Waals surface area contributed by atoms with E-state index < -0.39 is 21.1 Å². The molecule has 0 saturated heterocycles. The molecule has 0 fully saturated rings. The Morgan fingerprint density at radius 3 is 2.63 bits per heavy atom. The normalized spacial score (nSPS) is 21.0. The first-order valence-electron chi connectivity index (χ1n) is 9.91. The lowest BCUT2D eigenvalue weighted by Gasteiger charge is -2.32. The summed E-state index contributed by atoms with van der Waals surface area (Å²) < 4.78 is 35.6. The molecule has 0 bridgehead atoms. The van der Waals surface area contributed by atoms with Gasteiger partial charge in [0.2, 0.25) is 0 Å². The lowest BCUT2D eigenvalue weighted by atomic mass is 9.81. The molecule has 0 saturated carbocycles. The van der Waals surface area contributed by atoms with E-state index >= 15 is 0 Å². The van der Waals surface area contributed by atoms with Gasteiger partial charge in [0, 0.05) is 30.5 Å². The molecule has 30 heavy (non-hydrogen) atoms. The largest absolute Gasteiger partial charge is 0.316 e. The fraction of sp³-hybridized carbons (Fsp3) is 0.364. The maximum absolute atomic E-state index is 14.7. The van der Waals surface area contributed by atoms with Crippen LogP contribution >= 0.6 is 12.2 Å². The number of nitrogens with zero attached hydrogens (tertiary/aromatic N) is 1. The number of hydrogen-bond donors (Lipinski definition) is 2. The van der Waals surface area contributed by atoms with Gasteiger partial charge >= 0.3 is 0 Å². The minimum absolute atomic E-state index is 0.0995. The summed E-state index contributed by atoms with van der Waals surface area (Å²) in [5.41, 5.74) is -0.0197. The van der Waals surface area contributed by atoms with Crippen LogP contribution in [0.2, 0.25) is 0 Å². The van der Waals surface area contributed by atoms with Crippen molar-refractivity contribution in [2.24, 2.45) is 4.36 Å². The minimum Gasteiger partial charge on any atom is -0.316 e. The van der Waals surface area contributed by atoms with Gasteiger partial charge in [-0.2, -0.15) is 0 Å². The van der Waals surface area contributed by atoms with E-state index in [9.17, 15) is 13.4 Å². The SMILES string of the molecule is C[C@](CC(=S)NC(=O)c1ccccc1)(CS1(=O)=NCCCCN1)c1ccccc1F. The maximum Gasteiger partial charge on any atom is 0.256 e. The molecule has 0 aliphatic carbocycles. The van der Waals surface area contributed by atoms with Crippen LogP contribution in [0.5, 0.6) is 0 Å². The van der Waals surface area contributed by atoms with Crippen molar-refractivity contribution in [1.29, 1.82) is 0 Å². The molecular formula is C22H26FN3O2S2. The number of hydrogen-bond acceptors (Lipinski definition) is 4. The molecule has 160 valence electrons. The van der Waals surface area contributed by atoms with Crippen LogP contribution in [0.4, 0.5) is 4.39 Å². The number of benzene rings is 2. The monoisotopic (exact) mass is 447 g/mol. The minimum atomic E-state index is -2.74. The van der Waals surface area contributed by atoms with Crippen molar-refractivity contribution in [2.75, 3.05) is 18.8 Å². The van der Waals surface area contributed by atoms with Gasteiger partial charge in [0.15, 0.2) is 0 Å². The summed E-state index contributed by atoms with van der Waals surface area (Å²) in [6.07, 6.45) is 1.92. The fourth-order valence-electron chi connectivity index (χ4n) is 3.62. The van der Waals surface area contributed by atoms with Crippen molar-refractivity contribution < 1.29 is 13.4 Å². The highest BCUT2D eigenvalue weighted by Crippen LogP contribution is 2.32. The second-order valence-electron chi connectivity index (χ2n) is 7.70. The molecule has 1 heterocycles. The van der Waals surface area contributed by atoms with E-state index in [1.807, 2.05) is 13.0 Å². The van der Waals surface area contributed by atoms with Crippen molar-refractivity contribution in [3.8, 4) is 0 Å². The quantitative estimate of drug-likeness (QED) is 0.658. The molecule has 2 atom stereocenters. The number of carbonyl (C=O) groups is 1. The molecule has 2 N–H and O–H groups in total. The molecule has 8 heteroatoms. The van der Waals surface area contributed by atoms with E-state index in [1.54, 1.807) is 42.5 Å². The Bertz CT molecular complexity index is 1040. The van der Waals surface area contributed by atoms with Crippen LogP contribution in [0.15, 0.2) is 59.0 Å². The smallest absolute Gasteiger partial charge is 0.256 e. The van der Waals surface area contributed by atoms with Crippen molar-refractivity contribution in [3.63, 3.8) is 0 Å². The van der Waals surface area contributed by atoms with Gasteiger partial charge in [0.05, 0.1) is 10.7 Å². The summed E-state index contributed by atoms with van der Waals surface area (Å²) in [5.74, 6) is -0.616. The Morgan fingerprint density at radius 1 is 1.20 bits per heavy atom. The fourth-order valence-corrected chi connectivity index (χ4v) is 6.32. The summed E-state index contributed by atoms with van der Waals surface area (Å²) in [6, 6.07) is 15.2. The third kappa shape index (κ3) is 5.71. The predicted octanol–water partition coefficient (Wildman–Crippen LogP) is 4.00. The van der Waals surface area contributed by atoms with E-state index in [1.165, 1.54) is 6.07 Å². The summed E-state index contributed by atoms with van der Waals surface area (Å²) >= 11 is 5.45. The highest BCUT2D eigenvalue weighted by Gasteiger charge is 2.35. The second-order valence-corrected chi connectivity index (χ2v) is 10.3. The number of amides is 1. The van der Waals surface area contributed by atoms with Crippen LogP contribution in [0, 0.1) is 5.82 Å². The number of carbonyl (C=O) groups excluding carboxylic acids is 1. The molecule has 0 spiro atoms. The summed E-state index contributed by atoms with van der Waals surface area (Å²) in [5, 5.41) is 2.73. The predicted molar refractivity (Wildman–Crippen MR) is 122 cm³/mol. The summed E-state index contributed by atoms with van der Waals surface area (Å²) in [7, 11) is -2.74. The van der Waals surface area contributed by atoms with Crippen LogP contribution in [0.3, 0.4) is 0 Å². The highest BCUT2D eigenvalue weighted by molar-refractivity contribution is 7.91. The zero-order chi connectivity index (χ0) is 21.6. The van der Waals surface area contributed by atoms with E-state index in [4.69, 9.17) is 12.2 Å². The van der Waals surface area contributed by atoms with Gasteiger partial charge in [-0.1, -0.05) is 55.5 Å². The zero-order valence-electron chi connectivity index (χ0n) is 16.9. The molecule has 5 nitrogen and oxygen atoms in total. The summed E-state index contributed by atoms with van der Waals surface area (Å²) in [6.45, 7) is 2.93. The molecular weight excluding hydrogens is 421 g/mol. The van der Waals surface area contributed by atoms with Crippen LogP contribution in [0.1, 0.15) is 42.1 Å². The molecule has 2 aromatic rings. The van der Waals surface area contributed by atoms with Crippen molar-refractivity contribution in [1.82, 2.24) is 10.0 Å². The third-order valence-corrected chi connectivity index (χ3v) is 7.62. The van der Waals surface area contributed by atoms with Gasteiger partial charge in [-0.25, -0.2) is 17.7 Å². The number of nitrogens with one attached hydrogen (secondary N) is 2. The average Bonchev–Trinajstić information content (AvgIpc) is 2.92. The first kappa shape index (κ1) is 22.5. The highest BCUT2D eigenvalue weighted by atomic mass is 32.2. The Hall–Kier alpha value is -2.16. The second kappa shape index (κ2) is 9.76. The third-order valence-electron chi connectivity index (χ3n) is 5.09. The van der Waals surface area contributed by atoms with E-state index in [-0.39, 0.29) is 23.1 Å². The van der Waals surface area contributed by atoms with Crippen LogP contribution in [-0.4, -0.2) is 33.9 Å². The first-order chi connectivity index (χ1) is 14.3. The van der Waals surface area contributed by atoms with Crippen LogP contribution < -0.4 is 10.0 Å². The number of rotatable bonds is 6. The van der Waals surface area contributed by atoms with Crippen LogP contribution in [0.25, 0.3) is 0 Å². The van der Waals surface area contributed by atoms with Crippen molar-refractivity contribution in [2.45, 2.75) is 31.6 Å². The van der Waals surface area contributed by atoms with Gasteiger partial charge in [0.25, 0.3) is 5.91 Å². The van der Waals surface area contributed by atoms with Crippen molar-refractivity contribution >= 4 is 33.0 Å². The molecule has 0 radical (unpaired) electrons. The maximum atomic E-state index is 14.7. The Labute approximate surface area is 182 Å². The Balaban J connectivity index is 1.87. The Morgan fingerprint density at radius 2 is 1.90 bits per heavy atom. The lowest BCUT2D eigenvalue weighted by molar-refractivity contribution is 0.0977. The number of thiocarbonyl (C=S) groups is 1. The van der Waals surface area contributed by atoms with Gasteiger partial charge in [-0.3, -0.25) is 4.79 Å². The Kier molecular flexibility index (Phi) is 7.33. The zero-order valence-corrected chi connectivity index (χ0v) is 18.5. The molecule has 0 aromatic heterocycles. The van der Waals surface area contributed by atoms with E-state index in [0.717, 1.165) is 12.8 Å². The van der Waals surface area contributed by atoms with Gasteiger partial charge in [-0.05, 0) is 36.6 Å². The van der Waals surface area contributed by atoms with Gasteiger partial charge in [0.1, 0.15) is 15.7 Å². The molecule has 1 unspecified atom stereocenters. The lowest BCUT2D eigenvalue weighted by Crippen LogP contribution is -2.42. The summed E-state index contributed by atoms with van der Waals surface area (Å²) in [4.78, 5) is 12.8. The molecule has 1 aliphatic rings. The first-order valence-corrected chi connectivity index (χ1v) is 12.0. The molecule has 1 amide bonds. The standard InChI is InChI=1S/C22H26FN3O2S2/c1-22(18-11-5-6-12-19(18)23,16-30(28)24-13-7-8-14-25-30)15-20(29)26-21(27)17-9-3-2-4-10-17/h2-6,9-12H,7-8,13-16H2,1H3,(H,24,25,28)(H,26,27,29)/t22-/m0/s1. The van der Waals surface area contributed by atoms with E-state index in [0.29, 0.717) is 24.2 Å². The van der Waals surface area contributed by atoms with Gasteiger partial charge < -0.3 is 5.32 Å². The van der Waals surface area contributed by atoms with Crippen LogP contribution in [-0.2, 0) is 15.3 Å². The number of halogens is 1. The van der Waals surface area contributed by atoms with Gasteiger partial charge in [-0.15, -0.1) is 0 Å². The topological polar surface area (TPSA) is 70.6 Å². The molecule has 3 rings (SSSR count).